The number of hydrogen-bond acceptors (Lipinski definition) is 3. The van der Waals surface area contributed by atoms with Gasteiger partial charge in [-0.2, -0.15) is 0 Å². The molecule has 2 amide bonds. The van der Waals surface area contributed by atoms with Gasteiger partial charge in [0, 0.05) is 13.6 Å². The van der Waals surface area contributed by atoms with Crippen LogP contribution in [-0.2, 0) is 9.59 Å². The smallest absolute Gasteiger partial charge is 0.233 e. The molecule has 1 aliphatic heterocycles. The third-order valence-electron chi connectivity index (χ3n) is 1.93. The standard InChI is InChI=1S/C8H14N2O2S/c1-9-7(11)5-13-6-3-2-4-10-8(6)12/h6H,2-5H2,1H3,(H,9,11)(H,10,12). The average Bonchev–Trinajstić information content (AvgIpc) is 2.16. The van der Waals surface area contributed by atoms with Crippen LogP contribution in [0.25, 0.3) is 0 Å². The van der Waals surface area contributed by atoms with Gasteiger partial charge in [0.15, 0.2) is 0 Å². The first-order valence-corrected chi connectivity index (χ1v) is 5.39. The lowest BCUT2D eigenvalue weighted by Gasteiger charge is -2.20. The SMILES string of the molecule is CNC(=O)CSC1CCCNC1=O. The van der Waals surface area contributed by atoms with Crippen LogP contribution < -0.4 is 10.6 Å². The van der Waals surface area contributed by atoms with Crippen LogP contribution in [0.15, 0.2) is 0 Å². The number of piperidine rings is 1. The van der Waals surface area contributed by atoms with E-state index in [1.165, 1.54) is 11.8 Å². The van der Waals surface area contributed by atoms with Crippen molar-refractivity contribution < 1.29 is 9.59 Å². The summed E-state index contributed by atoms with van der Waals surface area (Å²) in [6.45, 7) is 0.774. The van der Waals surface area contributed by atoms with Gasteiger partial charge in [-0.1, -0.05) is 0 Å². The monoisotopic (exact) mass is 202 g/mol. The molecular formula is C8H14N2O2S. The summed E-state index contributed by atoms with van der Waals surface area (Å²) in [5.74, 6) is 0.415. The molecule has 74 valence electrons. The molecule has 5 heteroatoms. The van der Waals surface area contributed by atoms with E-state index < -0.39 is 0 Å². The van der Waals surface area contributed by atoms with Gasteiger partial charge in [0.05, 0.1) is 11.0 Å². The van der Waals surface area contributed by atoms with Crippen molar-refractivity contribution in [3.63, 3.8) is 0 Å². The molecule has 4 nitrogen and oxygen atoms in total. The zero-order chi connectivity index (χ0) is 9.68. The maximum Gasteiger partial charge on any atom is 0.233 e. The molecule has 0 aromatic heterocycles. The number of nitrogens with one attached hydrogen (secondary N) is 2. The van der Waals surface area contributed by atoms with Crippen LogP contribution >= 0.6 is 11.8 Å². The van der Waals surface area contributed by atoms with Gasteiger partial charge in [0.2, 0.25) is 11.8 Å². The van der Waals surface area contributed by atoms with Gasteiger partial charge < -0.3 is 10.6 Å². The summed E-state index contributed by atoms with van der Waals surface area (Å²) < 4.78 is 0. The molecule has 1 fully saturated rings. The molecule has 0 radical (unpaired) electrons. The van der Waals surface area contributed by atoms with Crippen LogP contribution in [-0.4, -0.2) is 36.4 Å². The maximum absolute atomic E-state index is 11.2. The Labute approximate surface area is 81.8 Å². The summed E-state index contributed by atoms with van der Waals surface area (Å²) in [6.07, 6.45) is 1.89. The molecule has 0 aromatic rings. The fourth-order valence-electron chi connectivity index (χ4n) is 1.15. The predicted octanol–water partition coefficient (Wildman–Crippen LogP) is -0.256. The van der Waals surface area contributed by atoms with Crippen molar-refractivity contribution in [1.82, 2.24) is 10.6 Å². The van der Waals surface area contributed by atoms with E-state index in [4.69, 9.17) is 0 Å². The second-order valence-electron chi connectivity index (χ2n) is 2.91. The highest BCUT2D eigenvalue weighted by Crippen LogP contribution is 2.18. The Kier molecular flexibility index (Phi) is 4.08. The Balaban J connectivity index is 2.26. The molecular weight excluding hydrogens is 188 g/mol. The third kappa shape index (κ3) is 3.26. The lowest BCUT2D eigenvalue weighted by atomic mass is 10.1. The van der Waals surface area contributed by atoms with Crippen LogP contribution in [0.2, 0.25) is 0 Å². The van der Waals surface area contributed by atoms with E-state index in [2.05, 4.69) is 10.6 Å². The van der Waals surface area contributed by atoms with Crippen LogP contribution in [0.3, 0.4) is 0 Å². The summed E-state index contributed by atoms with van der Waals surface area (Å²) in [5, 5.41) is 5.27. The van der Waals surface area contributed by atoms with E-state index in [1.54, 1.807) is 7.05 Å². The van der Waals surface area contributed by atoms with Gasteiger partial charge in [-0.05, 0) is 12.8 Å². The van der Waals surface area contributed by atoms with Crippen LogP contribution in [0, 0.1) is 0 Å². The summed E-state index contributed by atoms with van der Waals surface area (Å²) in [4.78, 5) is 22.1. The molecule has 2 N–H and O–H groups in total. The number of carbonyl (C=O) groups is 2. The lowest BCUT2D eigenvalue weighted by molar-refractivity contribution is -0.121. The van der Waals surface area contributed by atoms with Gasteiger partial charge >= 0.3 is 0 Å². The van der Waals surface area contributed by atoms with Crippen molar-refractivity contribution in [3.05, 3.63) is 0 Å². The summed E-state index contributed by atoms with van der Waals surface area (Å²) >= 11 is 1.41. The highest BCUT2D eigenvalue weighted by atomic mass is 32.2. The van der Waals surface area contributed by atoms with Crippen LogP contribution in [0.4, 0.5) is 0 Å². The van der Waals surface area contributed by atoms with E-state index in [-0.39, 0.29) is 17.1 Å². The maximum atomic E-state index is 11.2. The molecule has 0 saturated carbocycles. The molecule has 13 heavy (non-hydrogen) atoms. The first kappa shape index (κ1) is 10.4. The Morgan fingerprint density at radius 3 is 3.15 bits per heavy atom. The largest absolute Gasteiger partial charge is 0.358 e. The lowest BCUT2D eigenvalue weighted by Crippen LogP contribution is -2.39. The van der Waals surface area contributed by atoms with Gasteiger partial charge in [0.25, 0.3) is 0 Å². The quantitative estimate of drug-likeness (QED) is 0.663. The summed E-state index contributed by atoms with van der Waals surface area (Å²) in [7, 11) is 1.60. The van der Waals surface area contributed by atoms with Crippen molar-refractivity contribution in [1.29, 1.82) is 0 Å². The van der Waals surface area contributed by atoms with Crippen LogP contribution in [0.5, 0.6) is 0 Å². The molecule has 0 aromatic carbocycles. The zero-order valence-electron chi connectivity index (χ0n) is 7.63. The highest BCUT2D eigenvalue weighted by Gasteiger charge is 2.22. The number of hydrogen-bond donors (Lipinski definition) is 2. The van der Waals surface area contributed by atoms with E-state index in [0.717, 1.165) is 19.4 Å². The van der Waals surface area contributed by atoms with E-state index in [1.807, 2.05) is 0 Å². The number of rotatable bonds is 3. The number of carbonyl (C=O) groups excluding carboxylic acids is 2. The minimum atomic E-state index is -0.0361. The highest BCUT2D eigenvalue weighted by molar-refractivity contribution is 8.01. The minimum Gasteiger partial charge on any atom is -0.358 e. The van der Waals surface area contributed by atoms with Crippen molar-refractivity contribution in [2.75, 3.05) is 19.3 Å². The molecule has 1 heterocycles. The second-order valence-corrected chi connectivity index (χ2v) is 4.10. The molecule has 1 aliphatic rings. The molecule has 0 bridgehead atoms. The molecule has 0 spiro atoms. The summed E-state index contributed by atoms with van der Waals surface area (Å²) in [5.41, 5.74) is 0. The number of thioether (sulfide) groups is 1. The van der Waals surface area contributed by atoms with Gasteiger partial charge in [-0.3, -0.25) is 9.59 Å². The van der Waals surface area contributed by atoms with E-state index >= 15 is 0 Å². The topological polar surface area (TPSA) is 58.2 Å². The van der Waals surface area contributed by atoms with E-state index in [0.29, 0.717) is 5.75 Å². The Hall–Kier alpha value is -0.710. The molecule has 1 rings (SSSR count). The second kappa shape index (κ2) is 5.11. The molecule has 1 saturated heterocycles. The van der Waals surface area contributed by atoms with Crippen LogP contribution in [0.1, 0.15) is 12.8 Å². The molecule has 1 unspecified atom stereocenters. The van der Waals surface area contributed by atoms with Crippen molar-refractivity contribution >= 4 is 23.6 Å². The first-order valence-electron chi connectivity index (χ1n) is 4.34. The summed E-state index contributed by atoms with van der Waals surface area (Å²) in [6, 6.07) is 0. The van der Waals surface area contributed by atoms with Gasteiger partial charge in [-0.25, -0.2) is 0 Å². The first-order chi connectivity index (χ1) is 6.24. The zero-order valence-corrected chi connectivity index (χ0v) is 8.45. The fourth-order valence-corrected chi connectivity index (χ4v) is 2.22. The number of amides is 2. The third-order valence-corrected chi connectivity index (χ3v) is 3.21. The van der Waals surface area contributed by atoms with Crippen molar-refractivity contribution in [2.24, 2.45) is 0 Å². The Morgan fingerprint density at radius 2 is 2.54 bits per heavy atom. The fraction of sp³-hybridized carbons (Fsp3) is 0.750. The Morgan fingerprint density at radius 1 is 1.77 bits per heavy atom. The van der Waals surface area contributed by atoms with Gasteiger partial charge in [0.1, 0.15) is 0 Å². The molecule has 0 aliphatic carbocycles. The van der Waals surface area contributed by atoms with E-state index in [9.17, 15) is 9.59 Å². The van der Waals surface area contributed by atoms with Crippen molar-refractivity contribution in [3.8, 4) is 0 Å². The minimum absolute atomic E-state index is 0.0247. The predicted molar refractivity (Wildman–Crippen MR) is 52.6 cm³/mol. The normalized spacial score (nSPS) is 22.2. The van der Waals surface area contributed by atoms with Gasteiger partial charge in [-0.15, -0.1) is 11.8 Å². The Bertz CT molecular complexity index is 208. The van der Waals surface area contributed by atoms with Crippen molar-refractivity contribution in [2.45, 2.75) is 18.1 Å². The molecule has 1 atom stereocenters. The average molecular weight is 202 g/mol.